The zero-order valence-electron chi connectivity index (χ0n) is 24.6. The molecule has 2 bridgehead atoms. The maximum Gasteiger partial charge on any atom is 0.410 e. The lowest BCUT2D eigenvalue weighted by Gasteiger charge is -2.49. The summed E-state index contributed by atoms with van der Waals surface area (Å²) in [6, 6.07) is 9.64. The van der Waals surface area contributed by atoms with Gasteiger partial charge in [0, 0.05) is 50.2 Å². The van der Waals surface area contributed by atoms with Gasteiger partial charge in [-0.3, -0.25) is 0 Å². The molecule has 2 amide bonds. The smallest absolute Gasteiger partial charge is 0.410 e. The van der Waals surface area contributed by atoms with Crippen molar-refractivity contribution in [2.24, 2.45) is 0 Å². The minimum Gasteiger partial charge on any atom is -0.447 e. The first-order valence-corrected chi connectivity index (χ1v) is 15.9. The van der Waals surface area contributed by atoms with Gasteiger partial charge >= 0.3 is 12.2 Å². The van der Waals surface area contributed by atoms with E-state index in [0.29, 0.717) is 39.0 Å². The molecule has 1 aromatic carbocycles. The van der Waals surface area contributed by atoms with E-state index in [1.54, 1.807) is 7.11 Å². The molecule has 1 spiro atoms. The van der Waals surface area contributed by atoms with Gasteiger partial charge in [-0.05, 0) is 69.2 Å². The number of fused-ring (bicyclic) bond motifs is 4. The number of amides is 2. The highest BCUT2D eigenvalue weighted by atomic mass is 16.6. The van der Waals surface area contributed by atoms with Crippen LogP contribution in [0.15, 0.2) is 24.3 Å². The van der Waals surface area contributed by atoms with Crippen molar-refractivity contribution in [2.75, 3.05) is 53.2 Å². The number of rotatable bonds is 5. The van der Waals surface area contributed by atoms with E-state index in [1.807, 2.05) is 4.90 Å². The van der Waals surface area contributed by atoms with Crippen molar-refractivity contribution >= 4 is 12.2 Å². The summed E-state index contributed by atoms with van der Waals surface area (Å²) in [5, 5.41) is 0. The van der Waals surface area contributed by atoms with E-state index in [1.165, 1.54) is 24.0 Å². The number of hydrogen-bond donors (Lipinski definition) is 0. The highest BCUT2D eigenvalue weighted by Gasteiger charge is 2.46. The van der Waals surface area contributed by atoms with E-state index in [0.717, 1.165) is 64.5 Å². The molecule has 4 fully saturated rings. The average molecular weight is 570 g/mol. The number of carbonyl (C=O) groups is 2. The molecule has 4 atom stereocenters. The molecule has 6 rings (SSSR count). The minimum atomic E-state index is -0.249. The summed E-state index contributed by atoms with van der Waals surface area (Å²) in [4.78, 5) is 33.1. The molecule has 0 radical (unpaired) electrons. The predicted molar refractivity (Wildman–Crippen MR) is 154 cm³/mol. The quantitative estimate of drug-likeness (QED) is 0.475. The van der Waals surface area contributed by atoms with Gasteiger partial charge in [0.05, 0.1) is 19.8 Å². The number of likely N-dealkylation sites (tertiary alicyclic amines) is 1. The van der Waals surface area contributed by atoms with E-state index in [2.05, 4.69) is 34.1 Å². The van der Waals surface area contributed by atoms with Gasteiger partial charge in [0.15, 0.2) is 0 Å². The molecule has 4 saturated heterocycles. The molecule has 9 heteroatoms. The number of benzene rings is 1. The van der Waals surface area contributed by atoms with Crippen LogP contribution in [0.5, 0.6) is 0 Å². The van der Waals surface area contributed by atoms with Gasteiger partial charge in [-0.15, -0.1) is 0 Å². The van der Waals surface area contributed by atoms with Crippen molar-refractivity contribution in [2.45, 2.75) is 100 Å². The van der Waals surface area contributed by atoms with Crippen molar-refractivity contribution in [3.8, 4) is 0 Å². The van der Waals surface area contributed by atoms with Gasteiger partial charge in [0.25, 0.3) is 0 Å². The topological polar surface area (TPSA) is 80.8 Å². The molecule has 1 aromatic rings. The van der Waals surface area contributed by atoms with Gasteiger partial charge in [0.2, 0.25) is 0 Å². The van der Waals surface area contributed by atoms with Crippen LogP contribution in [0.25, 0.3) is 0 Å². The number of methoxy groups -OCH3 is 1. The summed E-state index contributed by atoms with van der Waals surface area (Å²) < 4.78 is 22.0. The number of piperidine rings is 1. The molecule has 0 aromatic heterocycles. The Morgan fingerprint density at radius 1 is 0.951 bits per heavy atom. The Kier molecular flexibility index (Phi) is 9.03. The molecular formula is C32H47N3O6. The summed E-state index contributed by atoms with van der Waals surface area (Å²) in [7, 11) is 1.62. The first-order valence-electron chi connectivity index (χ1n) is 15.9. The predicted octanol–water partition coefficient (Wildman–Crippen LogP) is 4.71. The standard InChI is InChI=1S/C32H47N3O6/c1-38-18-19-40-30(36)34-21-24-6-2-5-9-29(24)32(23-34)13-15-33(16-14-32)26-11-10-25-7-3-4-8-27(20-26)35(25)31(37)41-28-12-17-39-22-28/h2,5-6,9,25-28H,3-4,7-8,10-23H2,1H3/t25?,26?,27?,28-/m1/s1. The average Bonchev–Trinajstić information content (AvgIpc) is 3.33. The van der Waals surface area contributed by atoms with Gasteiger partial charge in [-0.2, -0.15) is 0 Å². The number of nitrogens with zero attached hydrogens (tertiary/aromatic N) is 3. The minimum absolute atomic E-state index is 0.0527. The molecule has 9 nitrogen and oxygen atoms in total. The van der Waals surface area contributed by atoms with Crippen molar-refractivity contribution in [1.82, 2.24) is 14.7 Å². The summed E-state index contributed by atoms with van der Waals surface area (Å²) in [6.07, 6.45) is 10.1. The molecule has 3 unspecified atom stereocenters. The molecule has 0 saturated carbocycles. The van der Waals surface area contributed by atoms with Crippen LogP contribution in [-0.4, -0.2) is 104 Å². The SMILES string of the molecule is COCCOC(=O)N1Cc2ccccc2C2(CCN(C3CCC4CCCCC(C3)N4C(=O)O[C@@H]3CCOC3)CC2)C1. The van der Waals surface area contributed by atoms with Crippen LogP contribution in [0, 0.1) is 0 Å². The summed E-state index contributed by atoms with van der Waals surface area (Å²) in [5.41, 5.74) is 2.58. The van der Waals surface area contributed by atoms with Gasteiger partial charge in [-0.25, -0.2) is 9.59 Å². The Bertz CT molecular complexity index is 1050. The second-order valence-corrected chi connectivity index (χ2v) is 12.8. The van der Waals surface area contributed by atoms with E-state index >= 15 is 0 Å². The van der Waals surface area contributed by atoms with Crippen LogP contribution in [-0.2, 0) is 30.9 Å². The van der Waals surface area contributed by atoms with Gasteiger partial charge in [0.1, 0.15) is 12.7 Å². The highest BCUT2D eigenvalue weighted by Crippen LogP contribution is 2.43. The normalized spacial score (nSPS) is 29.9. The summed E-state index contributed by atoms with van der Waals surface area (Å²) in [6.45, 7) is 5.20. The van der Waals surface area contributed by atoms with Crippen LogP contribution >= 0.6 is 0 Å². The molecular weight excluding hydrogens is 522 g/mol. The van der Waals surface area contributed by atoms with E-state index in [9.17, 15) is 9.59 Å². The fraction of sp³-hybridized carbons (Fsp3) is 0.750. The largest absolute Gasteiger partial charge is 0.447 e. The van der Waals surface area contributed by atoms with Crippen LogP contribution < -0.4 is 0 Å². The maximum atomic E-state index is 13.4. The number of hydrogen-bond acceptors (Lipinski definition) is 7. The first kappa shape index (κ1) is 28.7. The summed E-state index contributed by atoms with van der Waals surface area (Å²) >= 11 is 0. The van der Waals surface area contributed by atoms with Crippen LogP contribution in [0.1, 0.15) is 75.3 Å². The van der Waals surface area contributed by atoms with E-state index in [-0.39, 0.29) is 42.4 Å². The number of ether oxygens (including phenoxy) is 4. The van der Waals surface area contributed by atoms with Crippen molar-refractivity contribution in [1.29, 1.82) is 0 Å². The van der Waals surface area contributed by atoms with Gasteiger partial charge < -0.3 is 33.6 Å². The molecule has 41 heavy (non-hydrogen) atoms. The lowest BCUT2D eigenvalue weighted by Crippen LogP contribution is -2.55. The first-order chi connectivity index (χ1) is 20.1. The van der Waals surface area contributed by atoms with E-state index in [4.69, 9.17) is 18.9 Å². The van der Waals surface area contributed by atoms with Crippen molar-refractivity contribution < 1.29 is 28.5 Å². The molecule has 5 aliphatic heterocycles. The third-order valence-electron chi connectivity index (χ3n) is 10.3. The Morgan fingerprint density at radius 3 is 2.51 bits per heavy atom. The fourth-order valence-electron chi connectivity index (χ4n) is 8.17. The van der Waals surface area contributed by atoms with Crippen LogP contribution in [0.3, 0.4) is 0 Å². The number of carbonyl (C=O) groups excluding carboxylic acids is 2. The lowest BCUT2D eigenvalue weighted by atomic mass is 9.68. The lowest BCUT2D eigenvalue weighted by molar-refractivity contribution is 0.0278. The monoisotopic (exact) mass is 569 g/mol. The van der Waals surface area contributed by atoms with Crippen LogP contribution in [0.4, 0.5) is 9.59 Å². The molecule has 5 aliphatic rings. The van der Waals surface area contributed by atoms with Crippen LogP contribution in [0.2, 0.25) is 0 Å². The molecule has 0 aliphatic carbocycles. The third kappa shape index (κ3) is 6.22. The maximum absolute atomic E-state index is 13.4. The van der Waals surface area contributed by atoms with Crippen molar-refractivity contribution in [3.05, 3.63) is 35.4 Å². The Morgan fingerprint density at radius 2 is 1.73 bits per heavy atom. The zero-order chi connectivity index (χ0) is 28.2. The summed E-state index contributed by atoms with van der Waals surface area (Å²) in [5.74, 6) is 0. The third-order valence-corrected chi connectivity index (χ3v) is 10.3. The zero-order valence-corrected chi connectivity index (χ0v) is 24.6. The molecule has 5 heterocycles. The molecule has 226 valence electrons. The highest BCUT2D eigenvalue weighted by molar-refractivity contribution is 5.69. The Balaban J connectivity index is 1.13. The Labute approximate surface area is 244 Å². The second-order valence-electron chi connectivity index (χ2n) is 12.8. The second kappa shape index (κ2) is 12.9. The van der Waals surface area contributed by atoms with Crippen molar-refractivity contribution in [3.63, 3.8) is 0 Å². The Hall–Kier alpha value is -2.36. The fourth-order valence-corrected chi connectivity index (χ4v) is 8.17. The molecule has 0 N–H and O–H groups in total. The van der Waals surface area contributed by atoms with Gasteiger partial charge in [-0.1, -0.05) is 37.1 Å². The van der Waals surface area contributed by atoms with E-state index < -0.39 is 0 Å².